The van der Waals surface area contributed by atoms with Crippen molar-refractivity contribution in [1.29, 1.82) is 0 Å². The lowest BCUT2D eigenvalue weighted by Gasteiger charge is -2.29. The monoisotopic (exact) mass is 519 g/mol. The predicted molar refractivity (Wildman–Crippen MR) is 139 cm³/mol. The van der Waals surface area contributed by atoms with E-state index in [4.69, 9.17) is 14.0 Å². The van der Waals surface area contributed by atoms with E-state index in [9.17, 15) is 14.9 Å². The number of methoxy groups -OCH3 is 1. The number of hydrogen-bond acceptors (Lipinski definition) is 10. The number of nitro benzene ring substituents is 1. The van der Waals surface area contributed by atoms with Crippen molar-refractivity contribution in [3.05, 3.63) is 105 Å². The van der Waals surface area contributed by atoms with Crippen LogP contribution in [0.2, 0.25) is 0 Å². The summed E-state index contributed by atoms with van der Waals surface area (Å²) < 4.78 is 15.9. The number of rotatable bonds is 9. The van der Waals surface area contributed by atoms with E-state index in [1.165, 1.54) is 24.8 Å². The van der Waals surface area contributed by atoms with Crippen LogP contribution in [0, 0.1) is 10.1 Å². The maximum Gasteiger partial charge on any atom is 0.513 e. The third-order valence-corrected chi connectivity index (χ3v) is 6.18. The number of carbonyl (C=O) groups is 1. The highest BCUT2D eigenvalue weighted by Crippen LogP contribution is 2.44. The molecular formula is C27H29N5O6. The fourth-order valence-electron chi connectivity index (χ4n) is 4.39. The largest absolute Gasteiger partial charge is 0.513 e. The highest BCUT2D eigenvalue weighted by atomic mass is 16.7. The second kappa shape index (κ2) is 11.7. The number of carbonyl (C=O) groups excluding carboxylic acids is 1. The van der Waals surface area contributed by atoms with Gasteiger partial charge >= 0.3 is 6.16 Å². The molecule has 0 fully saturated rings. The Labute approximate surface area is 219 Å². The molecule has 11 heteroatoms. The van der Waals surface area contributed by atoms with Gasteiger partial charge in [0, 0.05) is 37.3 Å². The molecule has 0 radical (unpaired) electrons. The Hall–Kier alpha value is -4.51. The zero-order valence-electron chi connectivity index (χ0n) is 21.6. The number of likely N-dealkylation sites (N-methyl/N-ethyl adjacent to an activating group) is 1. The van der Waals surface area contributed by atoms with E-state index in [0.29, 0.717) is 41.3 Å². The molecule has 0 bridgehead atoms. The van der Waals surface area contributed by atoms with E-state index in [0.717, 1.165) is 6.54 Å². The van der Waals surface area contributed by atoms with Gasteiger partial charge in [0.2, 0.25) is 0 Å². The van der Waals surface area contributed by atoms with Crippen molar-refractivity contribution in [2.24, 2.45) is 0 Å². The lowest BCUT2D eigenvalue weighted by atomic mass is 9.84. The van der Waals surface area contributed by atoms with Crippen LogP contribution in [0.4, 0.5) is 10.5 Å². The van der Waals surface area contributed by atoms with Crippen molar-refractivity contribution in [1.82, 2.24) is 20.4 Å². The zero-order chi connectivity index (χ0) is 27.2. The first-order chi connectivity index (χ1) is 18.3. The van der Waals surface area contributed by atoms with E-state index >= 15 is 0 Å². The summed E-state index contributed by atoms with van der Waals surface area (Å²) in [5.74, 6) is 0.231. The van der Waals surface area contributed by atoms with Crippen molar-refractivity contribution < 1.29 is 23.7 Å². The molecular weight excluding hydrogens is 490 g/mol. The fraction of sp³-hybridized carbons (Fsp3) is 0.296. The number of hydrogen-bond donors (Lipinski definition) is 1. The molecule has 4 rings (SSSR count). The van der Waals surface area contributed by atoms with Crippen molar-refractivity contribution in [2.45, 2.75) is 32.7 Å². The van der Waals surface area contributed by atoms with Crippen LogP contribution < -0.4 is 5.32 Å². The van der Waals surface area contributed by atoms with Gasteiger partial charge in [0.05, 0.1) is 29.2 Å². The normalized spacial score (nSPS) is 15.4. The zero-order valence-corrected chi connectivity index (χ0v) is 21.6. The van der Waals surface area contributed by atoms with E-state index in [-0.39, 0.29) is 17.3 Å². The van der Waals surface area contributed by atoms with E-state index in [2.05, 4.69) is 32.5 Å². The van der Waals surface area contributed by atoms with Gasteiger partial charge in [-0.3, -0.25) is 10.1 Å². The third-order valence-electron chi connectivity index (χ3n) is 6.18. The first-order valence-electron chi connectivity index (χ1n) is 12.0. The van der Waals surface area contributed by atoms with Crippen LogP contribution in [0.25, 0.3) is 5.57 Å². The molecule has 11 nitrogen and oxygen atoms in total. The second-order valence-corrected chi connectivity index (χ2v) is 8.98. The lowest BCUT2D eigenvalue weighted by Crippen LogP contribution is -2.26. The third kappa shape index (κ3) is 6.06. The first-order valence-corrected chi connectivity index (χ1v) is 12.0. The van der Waals surface area contributed by atoms with Crippen LogP contribution in [-0.2, 0) is 22.4 Å². The van der Waals surface area contributed by atoms with Gasteiger partial charge in [0.25, 0.3) is 11.6 Å². The quantitative estimate of drug-likeness (QED) is 0.239. The van der Waals surface area contributed by atoms with Crippen LogP contribution in [0.5, 0.6) is 0 Å². The van der Waals surface area contributed by atoms with Crippen LogP contribution >= 0.6 is 0 Å². The summed E-state index contributed by atoms with van der Waals surface area (Å²) in [6.45, 7) is 5.06. The Balaban J connectivity index is 1.63. The molecule has 0 aliphatic carbocycles. The van der Waals surface area contributed by atoms with Crippen molar-refractivity contribution >= 4 is 17.4 Å². The average Bonchev–Trinajstić information content (AvgIpc) is 3.37. The molecule has 1 aliphatic heterocycles. The molecule has 0 spiro atoms. The minimum absolute atomic E-state index is 0.0965. The summed E-state index contributed by atoms with van der Waals surface area (Å²) in [6, 6.07) is 16.3. The predicted octanol–water partition coefficient (Wildman–Crippen LogP) is 4.78. The first kappa shape index (κ1) is 26.6. The lowest BCUT2D eigenvalue weighted by molar-refractivity contribution is -0.384. The second-order valence-electron chi connectivity index (χ2n) is 8.98. The molecule has 1 aromatic heterocycles. The van der Waals surface area contributed by atoms with Gasteiger partial charge in [0.15, 0.2) is 5.82 Å². The van der Waals surface area contributed by atoms with Gasteiger partial charge in [0.1, 0.15) is 5.76 Å². The van der Waals surface area contributed by atoms with Crippen molar-refractivity contribution in [3.63, 3.8) is 0 Å². The molecule has 1 unspecified atom stereocenters. The summed E-state index contributed by atoms with van der Waals surface area (Å²) in [6.07, 6.45) is -0.364. The Morgan fingerprint density at radius 3 is 2.63 bits per heavy atom. The molecule has 198 valence electrons. The average molecular weight is 520 g/mol. The van der Waals surface area contributed by atoms with Crippen molar-refractivity contribution in [2.75, 3.05) is 20.7 Å². The topological polar surface area (TPSA) is 133 Å². The molecule has 3 aromatic rings. The summed E-state index contributed by atoms with van der Waals surface area (Å²) in [4.78, 5) is 29.9. The smallest absolute Gasteiger partial charge is 0.437 e. The van der Waals surface area contributed by atoms with Gasteiger partial charge in [-0.15, -0.1) is 0 Å². The number of allylic oxidation sites excluding steroid dienone is 3. The highest BCUT2D eigenvalue weighted by Gasteiger charge is 2.36. The molecule has 1 atom stereocenters. The van der Waals surface area contributed by atoms with Gasteiger partial charge in [-0.05, 0) is 32.0 Å². The fourth-order valence-corrected chi connectivity index (χ4v) is 4.39. The minimum atomic E-state index is -0.914. The molecule has 38 heavy (non-hydrogen) atoms. The van der Waals surface area contributed by atoms with Crippen LogP contribution in [0.15, 0.2) is 76.3 Å². The standard InChI is InChI=1S/C27H29N5O6/c1-17-23(26-29-22(30-38-26)13-14-31(3)16-19-9-6-5-7-10-19)24(20-11-8-12-21(15-20)32(34)35)25(18(2)28-17)37-27(33)36-4/h5-12,15,24,28H,13-14,16H2,1-4H3. The maximum absolute atomic E-state index is 12.1. The molecule has 2 heterocycles. The van der Waals surface area contributed by atoms with Gasteiger partial charge < -0.3 is 24.2 Å². The van der Waals surface area contributed by atoms with Gasteiger partial charge in [-0.25, -0.2) is 4.79 Å². The molecule has 2 aromatic carbocycles. The minimum Gasteiger partial charge on any atom is -0.437 e. The highest BCUT2D eigenvalue weighted by molar-refractivity contribution is 5.76. The Bertz CT molecular complexity index is 1380. The van der Waals surface area contributed by atoms with Crippen LogP contribution in [0.3, 0.4) is 0 Å². The molecule has 0 amide bonds. The van der Waals surface area contributed by atoms with Crippen LogP contribution in [0.1, 0.15) is 42.6 Å². The molecule has 1 N–H and O–H groups in total. The Morgan fingerprint density at radius 2 is 1.92 bits per heavy atom. The maximum atomic E-state index is 12.1. The SMILES string of the molecule is COC(=O)OC1=C(C)NC(C)=C(c2nc(CCN(C)Cc3ccccc3)no2)C1c1cccc([N+](=O)[O-])c1. The summed E-state index contributed by atoms with van der Waals surface area (Å²) in [5, 5.41) is 18.8. The van der Waals surface area contributed by atoms with Crippen LogP contribution in [-0.4, -0.2) is 46.8 Å². The summed E-state index contributed by atoms with van der Waals surface area (Å²) in [7, 11) is 3.23. The Morgan fingerprint density at radius 1 is 1.16 bits per heavy atom. The molecule has 0 saturated carbocycles. The number of ether oxygens (including phenoxy) is 2. The Kier molecular flexibility index (Phi) is 8.17. The number of dihydropyridines is 1. The number of nitrogens with zero attached hydrogens (tertiary/aromatic N) is 4. The van der Waals surface area contributed by atoms with E-state index in [1.54, 1.807) is 19.1 Å². The molecule has 1 aliphatic rings. The summed E-state index contributed by atoms with van der Waals surface area (Å²) in [5.41, 5.74) is 3.42. The van der Waals surface area contributed by atoms with E-state index < -0.39 is 17.0 Å². The molecule has 0 saturated heterocycles. The number of aromatic nitrogens is 2. The number of nitrogens with one attached hydrogen (secondary N) is 1. The van der Waals surface area contributed by atoms with Crippen molar-refractivity contribution in [3.8, 4) is 0 Å². The van der Waals surface area contributed by atoms with Gasteiger partial charge in [-0.2, -0.15) is 4.98 Å². The van der Waals surface area contributed by atoms with E-state index in [1.807, 2.05) is 32.2 Å². The number of benzene rings is 2. The number of non-ortho nitro benzene ring substituents is 1. The summed E-state index contributed by atoms with van der Waals surface area (Å²) >= 11 is 0. The number of nitro groups is 1. The van der Waals surface area contributed by atoms with Gasteiger partial charge in [-0.1, -0.05) is 47.6 Å².